The van der Waals surface area contributed by atoms with Crippen molar-refractivity contribution in [1.82, 2.24) is 0 Å². The molecule has 0 saturated heterocycles. The van der Waals surface area contributed by atoms with Crippen molar-refractivity contribution in [3.8, 4) is 5.75 Å². The summed E-state index contributed by atoms with van der Waals surface area (Å²) in [6.45, 7) is 4.14. The summed E-state index contributed by atoms with van der Waals surface area (Å²) >= 11 is 11.8. The third kappa shape index (κ3) is 1.71. The van der Waals surface area contributed by atoms with Crippen LogP contribution in [0.5, 0.6) is 5.75 Å². The van der Waals surface area contributed by atoms with Crippen LogP contribution >= 0.6 is 23.2 Å². The second-order valence-electron chi connectivity index (χ2n) is 4.21. The van der Waals surface area contributed by atoms with Gasteiger partial charge in [-0.3, -0.25) is 0 Å². The van der Waals surface area contributed by atoms with E-state index in [9.17, 15) is 0 Å². The van der Waals surface area contributed by atoms with Gasteiger partial charge >= 0.3 is 0 Å². The van der Waals surface area contributed by atoms with Gasteiger partial charge in [-0.1, -0.05) is 11.6 Å². The van der Waals surface area contributed by atoms with Gasteiger partial charge < -0.3 is 4.74 Å². The zero-order valence-electron chi connectivity index (χ0n) is 8.23. The van der Waals surface area contributed by atoms with E-state index >= 15 is 0 Å². The van der Waals surface area contributed by atoms with E-state index in [1.54, 1.807) is 0 Å². The summed E-state index contributed by atoms with van der Waals surface area (Å²) in [6.07, 6.45) is 0.904. The number of hydrogen-bond acceptors (Lipinski definition) is 1. The average Bonchev–Trinajstić information content (AvgIpc) is 2.37. The van der Waals surface area contributed by atoms with Crippen LogP contribution in [0.2, 0.25) is 5.02 Å². The van der Waals surface area contributed by atoms with E-state index in [-0.39, 0.29) is 5.60 Å². The molecule has 0 aromatic heterocycles. The maximum absolute atomic E-state index is 5.96. The van der Waals surface area contributed by atoms with Gasteiger partial charge in [0.05, 0.1) is 0 Å². The Kier molecular flexibility index (Phi) is 2.40. The van der Waals surface area contributed by atoms with E-state index in [2.05, 4.69) is 13.8 Å². The van der Waals surface area contributed by atoms with Gasteiger partial charge in [0.2, 0.25) is 0 Å². The Morgan fingerprint density at radius 1 is 1.43 bits per heavy atom. The van der Waals surface area contributed by atoms with Gasteiger partial charge in [-0.15, -0.1) is 11.6 Å². The van der Waals surface area contributed by atoms with E-state index in [1.165, 1.54) is 5.56 Å². The molecule has 1 aromatic carbocycles. The highest BCUT2D eigenvalue weighted by Crippen LogP contribution is 2.39. The zero-order valence-corrected chi connectivity index (χ0v) is 9.74. The number of alkyl halides is 1. The molecule has 0 unspecified atom stereocenters. The Hall–Kier alpha value is -0.400. The van der Waals surface area contributed by atoms with Crippen molar-refractivity contribution in [3.05, 3.63) is 28.3 Å². The molecule has 1 nitrogen and oxygen atoms in total. The summed E-state index contributed by atoms with van der Waals surface area (Å²) in [6, 6.07) is 3.78. The largest absolute Gasteiger partial charge is 0.487 e. The maximum atomic E-state index is 5.96. The van der Waals surface area contributed by atoms with E-state index in [0.717, 1.165) is 17.7 Å². The molecule has 1 heterocycles. The number of ether oxygens (including phenoxy) is 1. The highest BCUT2D eigenvalue weighted by Gasteiger charge is 2.31. The van der Waals surface area contributed by atoms with Crippen LogP contribution in [0.3, 0.4) is 0 Å². The molecule has 0 aliphatic carbocycles. The van der Waals surface area contributed by atoms with Crippen LogP contribution in [0.1, 0.15) is 25.0 Å². The molecule has 0 spiro atoms. The van der Waals surface area contributed by atoms with Crippen molar-refractivity contribution in [3.63, 3.8) is 0 Å². The predicted octanol–water partition coefficient (Wildman–Crippen LogP) is 3.79. The van der Waals surface area contributed by atoms with Crippen LogP contribution in [-0.4, -0.2) is 5.60 Å². The fourth-order valence-corrected chi connectivity index (χ4v) is 2.31. The number of benzene rings is 1. The van der Waals surface area contributed by atoms with Gasteiger partial charge in [-0.05, 0) is 31.5 Å². The van der Waals surface area contributed by atoms with Gasteiger partial charge in [0.1, 0.15) is 11.4 Å². The monoisotopic (exact) mass is 230 g/mol. The minimum atomic E-state index is -0.131. The van der Waals surface area contributed by atoms with Gasteiger partial charge in [-0.25, -0.2) is 0 Å². The van der Waals surface area contributed by atoms with Gasteiger partial charge in [0.15, 0.2) is 0 Å². The molecule has 0 fully saturated rings. The molecule has 0 saturated carbocycles. The Bertz CT molecular complexity index is 372. The first-order chi connectivity index (χ1) is 6.52. The highest BCUT2D eigenvalue weighted by atomic mass is 35.5. The third-order valence-corrected chi connectivity index (χ3v) is 2.91. The Morgan fingerprint density at radius 3 is 2.79 bits per heavy atom. The number of hydrogen-bond donors (Lipinski definition) is 0. The van der Waals surface area contributed by atoms with Crippen molar-refractivity contribution in [2.24, 2.45) is 0 Å². The zero-order chi connectivity index (χ0) is 10.3. The molecule has 3 heteroatoms. The Balaban J connectivity index is 2.50. The molecule has 1 aliphatic heterocycles. The molecule has 0 bridgehead atoms. The molecule has 1 aliphatic rings. The molecule has 0 amide bonds. The van der Waals surface area contributed by atoms with Crippen LogP contribution in [0.25, 0.3) is 0 Å². The summed E-state index contributed by atoms with van der Waals surface area (Å²) < 4.78 is 5.77. The van der Waals surface area contributed by atoms with Gasteiger partial charge in [0.25, 0.3) is 0 Å². The second kappa shape index (κ2) is 3.32. The lowest BCUT2D eigenvalue weighted by atomic mass is 9.98. The quantitative estimate of drug-likeness (QED) is 0.668. The molecule has 1 aromatic rings. The summed E-state index contributed by atoms with van der Waals surface area (Å²) in [5, 5.41) is 0.692. The van der Waals surface area contributed by atoms with E-state index in [4.69, 9.17) is 27.9 Å². The molecule has 0 N–H and O–H groups in total. The van der Waals surface area contributed by atoms with Crippen molar-refractivity contribution in [1.29, 1.82) is 0 Å². The van der Waals surface area contributed by atoms with Crippen molar-refractivity contribution in [2.45, 2.75) is 31.7 Å². The lowest BCUT2D eigenvalue weighted by molar-refractivity contribution is 0.138. The summed E-state index contributed by atoms with van der Waals surface area (Å²) in [4.78, 5) is 0. The van der Waals surface area contributed by atoms with Crippen molar-refractivity contribution >= 4 is 23.2 Å². The molecule has 0 radical (unpaired) electrons. The average molecular weight is 231 g/mol. The SMILES string of the molecule is CC1(C)Cc2c(CCl)cc(Cl)cc2O1. The number of rotatable bonds is 1. The molecule has 76 valence electrons. The lowest BCUT2D eigenvalue weighted by Crippen LogP contribution is -2.24. The first kappa shape index (κ1) is 10.1. The van der Waals surface area contributed by atoms with Crippen LogP contribution in [-0.2, 0) is 12.3 Å². The fourth-order valence-electron chi connectivity index (χ4n) is 1.84. The van der Waals surface area contributed by atoms with Crippen molar-refractivity contribution in [2.75, 3.05) is 0 Å². The molecular weight excluding hydrogens is 219 g/mol. The summed E-state index contributed by atoms with van der Waals surface area (Å²) in [5.41, 5.74) is 2.16. The van der Waals surface area contributed by atoms with E-state index in [0.29, 0.717) is 10.9 Å². The first-order valence-electron chi connectivity index (χ1n) is 4.58. The smallest absolute Gasteiger partial charge is 0.125 e. The third-order valence-electron chi connectivity index (χ3n) is 2.40. The fraction of sp³-hybridized carbons (Fsp3) is 0.455. The first-order valence-corrected chi connectivity index (χ1v) is 5.49. The normalized spacial score (nSPS) is 17.7. The van der Waals surface area contributed by atoms with E-state index in [1.807, 2.05) is 12.1 Å². The molecule has 0 atom stereocenters. The molecule has 14 heavy (non-hydrogen) atoms. The predicted molar refractivity (Wildman–Crippen MR) is 59.4 cm³/mol. The van der Waals surface area contributed by atoms with Crippen LogP contribution in [0, 0.1) is 0 Å². The molecule has 2 rings (SSSR count). The second-order valence-corrected chi connectivity index (χ2v) is 4.92. The minimum absolute atomic E-state index is 0.131. The summed E-state index contributed by atoms with van der Waals surface area (Å²) in [7, 11) is 0. The van der Waals surface area contributed by atoms with Crippen LogP contribution < -0.4 is 4.74 Å². The van der Waals surface area contributed by atoms with Gasteiger partial charge in [0, 0.05) is 22.9 Å². The van der Waals surface area contributed by atoms with Crippen LogP contribution in [0.4, 0.5) is 0 Å². The van der Waals surface area contributed by atoms with E-state index < -0.39 is 0 Å². The van der Waals surface area contributed by atoms with Gasteiger partial charge in [-0.2, -0.15) is 0 Å². The topological polar surface area (TPSA) is 9.23 Å². The Labute approximate surface area is 94.0 Å². The minimum Gasteiger partial charge on any atom is -0.487 e. The maximum Gasteiger partial charge on any atom is 0.125 e. The lowest BCUT2D eigenvalue weighted by Gasteiger charge is -2.16. The molecular formula is C11H12Cl2O. The standard InChI is InChI=1S/C11H12Cl2O/c1-11(2)5-9-7(6-12)3-8(13)4-10(9)14-11/h3-4H,5-6H2,1-2H3. The Morgan fingerprint density at radius 2 is 2.14 bits per heavy atom. The number of halogens is 2. The highest BCUT2D eigenvalue weighted by molar-refractivity contribution is 6.31. The number of fused-ring (bicyclic) bond motifs is 1. The van der Waals surface area contributed by atoms with Crippen molar-refractivity contribution < 1.29 is 4.74 Å². The summed E-state index contributed by atoms with van der Waals surface area (Å²) in [5.74, 6) is 1.38. The van der Waals surface area contributed by atoms with Crippen LogP contribution in [0.15, 0.2) is 12.1 Å².